The molecule has 24 heavy (non-hydrogen) atoms. The highest BCUT2D eigenvalue weighted by atomic mass is 127. The van der Waals surface area contributed by atoms with Crippen LogP contribution in [0.5, 0.6) is 0 Å². The molecule has 0 saturated heterocycles. The minimum atomic E-state index is -0.618. The molecule has 2 aromatic rings. The van der Waals surface area contributed by atoms with Crippen molar-refractivity contribution in [3.63, 3.8) is 0 Å². The first-order chi connectivity index (χ1) is 10.9. The molecule has 0 aliphatic rings. The van der Waals surface area contributed by atoms with Gasteiger partial charge in [-0.05, 0) is 26.0 Å². The van der Waals surface area contributed by atoms with Crippen molar-refractivity contribution in [3.8, 4) is 0 Å². The molecule has 2 rings (SSSR count). The number of halogens is 2. The molecule has 6 nitrogen and oxygen atoms in total. The van der Waals surface area contributed by atoms with Gasteiger partial charge in [-0.3, -0.25) is 9.67 Å². The van der Waals surface area contributed by atoms with Crippen LogP contribution < -0.4 is 10.6 Å². The Morgan fingerprint density at radius 1 is 1.42 bits per heavy atom. The highest BCUT2D eigenvalue weighted by Crippen LogP contribution is 2.26. The van der Waals surface area contributed by atoms with E-state index in [1.165, 1.54) is 11.3 Å². The zero-order chi connectivity index (χ0) is 17.0. The lowest BCUT2D eigenvalue weighted by Crippen LogP contribution is -2.39. The van der Waals surface area contributed by atoms with Crippen LogP contribution in [0.4, 0.5) is 0 Å². The summed E-state index contributed by atoms with van der Waals surface area (Å²) in [7, 11) is 3.63. The first-order valence-electron chi connectivity index (χ1n) is 7.29. The molecule has 3 N–H and O–H groups in total. The van der Waals surface area contributed by atoms with Crippen LogP contribution in [0.25, 0.3) is 0 Å². The van der Waals surface area contributed by atoms with Gasteiger partial charge in [-0.25, -0.2) is 0 Å². The van der Waals surface area contributed by atoms with Crippen molar-refractivity contribution in [2.45, 2.75) is 26.5 Å². The molecule has 1 atom stereocenters. The topological polar surface area (TPSA) is 74.5 Å². The van der Waals surface area contributed by atoms with E-state index in [0.717, 1.165) is 21.8 Å². The van der Waals surface area contributed by atoms with Crippen molar-refractivity contribution in [1.29, 1.82) is 0 Å². The van der Waals surface area contributed by atoms with Crippen molar-refractivity contribution in [3.05, 3.63) is 38.3 Å². The second-order valence-corrected chi connectivity index (χ2v) is 6.98. The summed E-state index contributed by atoms with van der Waals surface area (Å²) >= 11 is 7.26. The fourth-order valence-electron chi connectivity index (χ4n) is 2.27. The Balaban J connectivity index is 0.00000288. The summed E-state index contributed by atoms with van der Waals surface area (Å²) in [6.07, 6.45) is -0.618. The molecular formula is C15H23ClIN5OS. The first-order valence-corrected chi connectivity index (χ1v) is 8.48. The molecule has 0 aliphatic heterocycles. The number of aliphatic hydroxyl groups is 1. The smallest absolute Gasteiger partial charge is 0.191 e. The summed E-state index contributed by atoms with van der Waals surface area (Å²) in [6, 6.07) is 3.61. The molecular weight excluding hydrogens is 461 g/mol. The predicted octanol–water partition coefficient (Wildman–Crippen LogP) is 2.77. The van der Waals surface area contributed by atoms with E-state index in [2.05, 4.69) is 20.7 Å². The average molecular weight is 484 g/mol. The lowest BCUT2D eigenvalue weighted by Gasteiger charge is -2.14. The fourth-order valence-corrected chi connectivity index (χ4v) is 3.31. The van der Waals surface area contributed by atoms with Crippen LogP contribution in [0.1, 0.15) is 27.9 Å². The van der Waals surface area contributed by atoms with E-state index >= 15 is 0 Å². The van der Waals surface area contributed by atoms with E-state index in [1.54, 1.807) is 13.1 Å². The third-order valence-electron chi connectivity index (χ3n) is 3.70. The summed E-state index contributed by atoms with van der Waals surface area (Å²) in [5, 5.41) is 20.9. The summed E-state index contributed by atoms with van der Waals surface area (Å²) in [6.45, 7) is 5.02. The van der Waals surface area contributed by atoms with Crippen molar-refractivity contribution in [2.75, 3.05) is 13.6 Å². The number of rotatable bonds is 5. The Bertz CT molecular complexity index is 700. The third-order valence-corrected chi connectivity index (χ3v) is 5.03. The monoisotopic (exact) mass is 483 g/mol. The van der Waals surface area contributed by atoms with E-state index in [4.69, 9.17) is 11.6 Å². The summed E-state index contributed by atoms with van der Waals surface area (Å²) in [4.78, 5) is 5.00. The largest absolute Gasteiger partial charge is 0.386 e. The zero-order valence-electron chi connectivity index (χ0n) is 14.1. The number of hydrogen-bond acceptors (Lipinski definition) is 4. The molecule has 2 heterocycles. The Morgan fingerprint density at radius 2 is 2.12 bits per heavy atom. The van der Waals surface area contributed by atoms with E-state index in [1.807, 2.05) is 31.6 Å². The van der Waals surface area contributed by atoms with Crippen LogP contribution in [-0.4, -0.2) is 34.4 Å². The Kier molecular flexibility index (Phi) is 8.48. The van der Waals surface area contributed by atoms with Crippen LogP contribution in [0, 0.1) is 13.8 Å². The van der Waals surface area contributed by atoms with Gasteiger partial charge in [-0.15, -0.1) is 35.3 Å². The molecule has 134 valence electrons. The highest BCUT2D eigenvalue weighted by Gasteiger charge is 2.12. The number of nitrogens with zero attached hydrogens (tertiary/aromatic N) is 3. The zero-order valence-corrected chi connectivity index (χ0v) is 18.0. The van der Waals surface area contributed by atoms with Crippen LogP contribution in [0.3, 0.4) is 0 Å². The quantitative estimate of drug-likeness (QED) is 0.347. The molecule has 9 heteroatoms. The number of thiophene rings is 1. The number of aryl methyl sites for hydroxylation is 2. The van der Waals surface area contributed by atoms with Crippen LogP contribution >= 0.6 is 46.9 Å². The van der Waals surface area contributed by atoms with Crippen molar-refractivity contribution >= 4 is 52.9 Å². The van der Waals surface area contributed by atoms with E-state index < -0.39 is 6.10 Å². The van der Waals surface area contributed by atoms with Crippen molar-refractivity contribution in [2.24, 2.45) is 12.0 Å². The van der Waals surface area contributed by atoms with E-state index in [-0.39, 0.29) is 24.0 Å². The Labute approximate surface area is 168 Å². The normalized spacial score (nSPS) is 12.7. The van der Waals surface area contributed by atoms with Crippen LogP contribution in [0.15, 0.2) is 17.1 Å². The molecule has 0 bridgehead atoms. The maximum atomic E-state index is 10.1. The van der Waals surface area contributed by atoms with Crippen molar-refractivity contribution in [1.82, 2.24) is 20.4 Å². The van der Waals surface area contributed by atoms with Gasteiger partial charge in [0.05, 0.1) is 10.0 Å². The average Bonchev–Trinajstić information content (AvgIpc) is 3.05. The van der Waals surface area contributed by atoms with Gasteiger partial charge in [-0.2, -0.15) is 5.10 Å². The molecule has 2 aromatic heterocycles. The lowest BCUT2D eigenvalue weighted by molar-refractivity contribution is 0.184. The maximum Gasteiger partial charge on any atom is 0.191 e. The predicted molar refractivity (Wildman–Crippen MR) is 111 cm³/mol. The molecule has 0 fully saturated rings. The molecule has 0 aliphatic carbocycles. The number of guanidine groups is 1. The Hall–Kier alpha value is -0.840. The number of aliphatic imine (C=N–C) groups is 1. The van der Waals surface area contributed by atoms with E-state index in [0.29, 0.717) is 23.4 Å². The number of aliphatic hydroxyl groups excluding tert-OH is 1. The number of hydrogen-bond donors (Lipinski definition) is 3. The number of aromatic nitrogens is 2. The van der Waals surface area contributed by atoms with Crippen LogP contribution in [-0.2, 0) is 13.6 Å². The van der Waals surface area contributed by atoms with Gasteiger partial charge in [0.1, 0.15) is 6.10 Å². The first kappa shape index (κ1) is 21.2. The third kappa shape index (κ3) is 5.33. The standard InChI is InChI=1S/C15H22ClN5OS.HI/c1-9-11(10(2)21(4)20-9)7-18-15(17-3)19-8-12(22)13-5-6-14(16)23-13;/h5-6,12,22H,7-8H2,1-4H3,(H2,17,18,19);1H. The van der Waals surface area contributed by atoms with Gasteiger partial charge in [-0.1, -0.05) is 11.6 Å². The lowest BCUT2D eigenvalue weighted by atomic mass is 10.2. The second-order valence-electron chi connectivity index (χ2n) is 5.24. The molecule has 0 spiro atoms. The molecule has 1 unspecified atom stereocenters. The van der Waals surface area contributed by atoms with Gasteiger partial charge in [0.15, 0.2) is 5.96 Å². The minimum absolute atomic E-state index is 0. The second kappa shape index (κ2) is 9.59. The maximum absolute atomic E-state index is 10.1. The molecule has 0 radical (unpaired) electrons. The number of nitrogens with one attached hydrogen (secondary N) is 2. The van der Waals surface area contributed by atoms with Crippen LogP contribution in [0.2, 0.25) is 4.34 Å². The van der Waals surface area contributed by atoms with Gasteiger partial charge in [0.25, 0.3) is 0 Å². The summed E-state index contributed by atoms with van der Waals surface area (Å²) in [5.74, 6) is 0.634. The molecule has 0 aromatic carbocycles. The highest BCUT2D eigenvalue weighted by molar-refractivity contribution is 14.0. The molecule has 0 saturated carbocycles. The SMILES string of the molecule is CN=C(NCc1c(C)nn(C)c1C)NCC(O)c1ccc(Cl)s1.I. The van der Waals surface area contributed by atoms with Gasteiger partial charge < -0.3 is 15.7 Å². The van der Waals surface area contributed by atoms with Gasteiger partial charge in [0, 0.05) is 43.3 Å². The van der Waals surface area contributed by atoms with E-state index in [9.17, 15) is 5.11 Å². The van der Waals surface area contributed by atoms with Gasteiger partial charge in [0.2, 0.25) is 0 Å². The fraction of sp³-hybridized carbons (Fsp3) is 0.467. The minimum Gasteiger partial charge on any atom is -0.386 e. The van der Waals surface area contributed by atoms with Crippen molar-refractivity contribution < 1.29 is 5.11 Å². The summed E-state index contributed by atoms with van der Waals surface area (Å²) in [5.41, 5.74) is 3.28. The summed E-state index contributed by atoms with van der Waals surface area (Å²) < 4.78 is 2.54. The van der Waals surface area contributed by atoms with Gasteiger partial charge >= 0.3 is 0 Å². The molecule has 0 amide bonds. The Morgan fingerprint density at radius 3 is 2.62 bits per heavy atom.